The van der Waals surface area contributed by atoms with Gasteiger partial charge in [-0.1, -0.05) is 59.6 Å². The molecular formula is C33H25Cl2F6NO2. The molecule has 0 atom stereocenters. The highest BCUT2D eigenvalue weighted by Gasteiger charge is 2.35. The SMILES string of the molecule is FC(F)(F)c1ccccc1OCc1cc(-c2ccc(Cl)c(Cl)c2)c(COc2ccccc2C(F)(F)F)cc1C1=CCNCC1. The first-order valence-corrected chi connectivity index (χ1v) is 14.3. The molecule has 1 aliphatic heterocycles. The van der Waals surface area contributed by atoms with Gasteiger partial charge >= 0.3 is 12.4 Å². The molecule has 0 saturated carbocycles. The lowest BCUT2D eigenvalue weighted by Gasteiger charge is -2.23. The van der Waals surface area contributed by atoms with Crippen LogP contribution < -0.4 is 14.8 Å². The maximum atomic E-state index is 13.7. The van der Waals surface area contributed by atoms with Gasteiger partial charge in [0.1, 0.15) is 24.7 Å². The molecule has 0 spiro atoms. The van der Waals surface area contributed by atoms with Crippen molar-refractivity contribution >= 4 is 28.8 Å². The number of alkyl halides is 6. The van der Waals surface area contributed by atoms with Gasteiger partial charge in [0.15, 0.2) is 0 Å². The van der Waals surface area contributed by atoms with E-state index in [4.69, 9.17) is 32.7 Å². The van der Waals surface area contributed by atoms with Crippen molar-refractivity contribution in [3.05, 3.63) is 123 Å². The Balaban J connectivity index is 1.61. The van der Waals surface area contributed by atoms with Gasteiger partial charge < -0.3 is 14.8 Å². The van der Waals surface area contributed by atoms with E-state index in [2.05, 4.69) is 5.32 Å². The average Bonchev–Trinajstić information content (AvgIpc) is 3.00. The Kier molecular flexibility index (Phi) is 9.48. The maximum absolute atomic E-state index is 13.7. The van der Waals surface area contributed by atoms with E-state index in [-0.39, 0.29) is 29.7 Å². The van der Waals surface area contributed by atoms with E-state index in [1.165, 1.54) is 36.4 Å². The summed E-state index contributed by atoms with van der Waals surface area (Å²) in [6.45, 7) is 0.799. The van der Waals surface area contributed by atoms with Crippen molar-refractivity contribution in [1.82, 2.24) is 5.32 Å². The van der Waals surface area contributed by atoms with E-state index >= 15 is 0 Å². The van der Waals surface area contributed by atoms with Crippen molar-refractivity contribution in [3.63, 3.8) is 0 Å². The number of halogens is 8. The second kappa shape index (κ2) is 13.1. The van der Waals surface area contributed by atoms with Gasteiger partial charge in [0.2, 0.25) is 0 Å². The van der Waals surface area contributed by atoms with Crippen molar-refractivity contribution in [3.8, 4) is 22.6 Å². The summed E-state index contributed by atoms with van der Waals surface area (Å²) in [5.41, 5.74) is 2.06. The second-order valence-corrected chi connectivity index (χ2v) is 10.9. The van der Waals surface area contributed by atoms with E-state index in [9.17, 15) is 26.3 Å². The largest absolute Gasteiger partial charge is 0.488 e. The molecule has 0 radical (unpaired) electrons. The van der Waals surface area contributed by atoms with Gasteiger partial charge in [-0.15, -0.1) is 0 Å². The van der Waals surface area contributed by atoms with Crippen LogP contribution in [-0.2, 0) is 25.6 Å². The zero-order valence-electron chi connectivity index (χ0n) is 23.0. The minimum atomic E-state index is -4.62. The number of hydrogen-bond donors (Lipinski definition) is 1. The first-order chi connectivity index (χ1) is 20.9. The van der Waals surface area contributed by atoms with E-state index in [1.807, 2.05) is 6.08 Å². The molecule has 3 nitrogen and oxygen atoms in total. The second-order valence-electron chi connectivity index (χ2n) is 10.0. The van der Waals surface area contributed by atoms with Crippen LogP contribution in [0, 0.1) is 0 Å². The van der Waals surface area contributed by atoms with Crippen molar-refractivity contribution < 1.29 is 35.8 Å². The van der Waals surface area contributed by atoms with E-state index in [0.29, 0.717) is 52.4 Å². The first kappa shape index (κ1) is 31.8. The number of benzene rings is 4. The highest BCUT2D eigenvalue weighted by molar-refractivity contribution is 6.42. The van der Waals surface area contributed by atoms with Gasteiger partial charge in [0.05, 0.1) is 21.2 Å². The minimum Gasteiger partial charge on any atom is -0.488 e. The maximum Gasteiger partial charge on any atom is 0.419 e. The highest BCUT2D eigenvalue weighted by atomic mass is 35.5. The predicted molar refractivity (Wildman–Crippen MR) is 159 cm³/mol. The fourth-order valence-electron chi connectivity index (χ4n) is 4.99. The van der Waals surface area contributed by atoms with Crippen molar-refractivity contribution in [2.75, 3.05) is 13.1 Å². The van der Waals surface area contributed by atoms with Gasteiger partial charge in [-0.2, -0.15) is 26.3 Å². The fraction of sp³-hybridized carbons (Fsp3) is 0.212. The predicted octanol–water partition coefficient (Wildman–Crippen LogP) is 10.2. The number of ether oxygens (including phenoxy) is 2. The number of para-hydroxylation sites is 2. The Bertz CT molecular complexity index is 1680. The van der Waals surface area contributed by atoms with Crippen LogP contribution in [0.2, 0.25) is 10.0 Å². The summed E-state index contributed by atoms with van der Waals surface area (Å²) < 4.78 is 93.6. The van der Waals surface area contributed by atoms with Crippen LogP contribution in [0.25, 0.3) is 16.7 Å². The molecule has 4 aromatic rings. The Morgan fingerprint density at radius 2 is 1.20 bits per heavy atom. The molecule has 4 aromatic carbocycles. The molecule has 0 bridgehead atoms. The van der Waals surface area contributed by atoms with Crippen LogP contribution >= 0.6 is 23.2 Å². The Labute approximate surface area is 260 Å². The van der Waals surface area contributed by atoms with Crippen LogP contribution in [-0.4, -0.2) is 13.1 Å². The normalized spacial score (nSPS) is 13.9. The minimum absolute atomic E-state index is 0.209. The van der Waals surface area contributed by atoms with Crippen LogP contribution in [0.3, 0.4) is 0 Å². The summed E-state index contributed by atoms with van der Waals surface area (Å²) in [5, 5.41) is 3.78. The quantitative estimate of drug-likeness (QED) is 0.192. The number of hydrogen-bond acceptors (Lipinski definition) is 3. The van der Waals surface area contributed by atoms with E-state index in [1.54, 1.807) is 30.3 Å². The van der Waals surface area contributed by atoms with Gasteiger partial charge in [0, 0.05) is 6.54 Å². The molecule has 0 aromatic heterocycles. The summed E-state index contributed by atoms with van der Waals surface area (Å²) in [5.74, 6) is -0.656. The smallest absolute Gasteiger partial charge is 0.419 e. The lowest BCUT2D eigenvalue weighted by atomic mass is 9.89. The zero-order valence-corrected chi connectivity index (χ0v) is 24.5. The summed E-state index contributed by atoms with van der Waals surface area (Å²) in [4.78, 5) is 0. The van der Waals surface area contributed by atoms with Crippen molar-refractivity contribution in [1.29, 1.82) is 0 Å². The third kappa shape index (κ3) is 7.34. The topological polar surface area (TPSA) is 30.5 Å². The molecule has 1 aliphatic rings. The van der Waals surface area contributed by atoms with Gasteiger partial charge in [-0.3, -0.25) is 0 Å². The van der Waals surface area contributed by atoms with E-state index < -0.39 is 23.5 Å². The molecule has 230 valence electrons. The summed E-state index contributed by atoms with van der Waals surface area (Å²) in [6.07, 6.45) is -6.65. The summed E-state index contributed by atoms with van der Waals surface area (Å²) in [7, 11) is 0. The fourth-order valence-corrected chi connectivity index (χ4v) is 5.29. The molecule has 0 fully saturated rings. The molecule has 11 heteroatoms. The van der Waals surface area contributed by atoms with Gasteiger partial charge in [-0.25, -0.2) is 0 Å². The Hall–Kier alpha value is -3.66. The third-order valence-corrected chi connectivity index (χ3v) is 7.86. The van der Waals surface area contributed by atoms with Crippen molar-refractivity contribution in [2.24, 2.45) is 0 Å². The Morgan fingerprint density at radius 1 is 0.659 bits per heavy atom. The monoisotopic (exact) mass is 651 g/mol. The standard InChI is InChI=1S/C33H25Cl2F6NO2/c34-28-10-9-21(17-29(28)35)25-16-22(18-43-30-7-3-1-5-26(30)32(36,37)38)24(20-11-13-42-14-12-20)15-23(25)19-44-31-8-4-2-6-27(31)33(39,40)41/h1-11,15-17,42H,12-14,18-19H2. The molecule has 1 N–H and O–H groups in total. The molecule has 5 rings (SSSR count). The molecule has 0 amide bonds. The molecule has 0 unspecified atom stereocenters. The van der Waals surface area contributed by atoms with Crippen LogP contribution in [0.15, 0.2) is 84.9 Å². The van der Waals surface area contributed by atoms with Gasteiger partial charge in [0.25, 0.3) is 0 Å². The molecule has 1 heterocycles. The Morgan fingerprint density at radius 3 is 1.73 bits per heavy atom. The third-order valence-electron chi connectivity index (χ3n) is 7.12. The lowest BCUT2D eigenvalue weighted by Crippen LogP contribution is -2.20. The van der Waals surface area contributed by atoms with E-state index in [0.717, 1.165) is 17.7 Å². The zero-order chi connectivity index (χ0) is 31.5. The average molecular weight is 652 g/mol. The molecule has 44 heavy (non-hydrogen) atoms. The van der Waals surface area contributed by atoms with Crippen LogP contribution in [0.4, 0.5) is 26.3 Å². The molecule has 0 aliphatic carbocycles. The summed E-state index contributed by atoms with van der Waals surface area (Å²) >= 11 is 12.5. The lowest BCUT2D eigenvalue weighted by molar-refractivity contribution is -0.139. The van der Waals surface area contributed by atoms with Crippen LogP contribution in [0.5, 0.6) is 11.5 Å². The van der Waals surface area contributed by atoms with Gasteiger partial charge in [-0.05, 0) is 94.9 Å². The number of rotatable bonds is 8. The molecular weight excluding hydrogens is 627 g/mol. The number of nitrogens with one attached hydrogen (secondary N) is 1. The first-order valence-electron chi connectivity index (χ1n) is 13.5. The molecule has 0 saturated heterocycles. The summed E-state index contributed by atoms with van der Waals surface area (Å²) in [6, 6.07) is 18.3. The van der Waals surface area contributed by atoms with Crippen LogP contribution in [0.1, 0.15) is 34.2 Å². The highest BCUT2D eigenvalue weighted by Crippen LogP contribution is 2.40. The van der Waals surface area contributed by atoms with Crippen molar-refractivity contribution in [2.45, 2.75) is 32.0 Å².